The molecule has 0 atom stereocenters. The second kappa shape index (κ2) is 7.77. The molecular weight excluding hydrogens is 226 g/mol. The smallest absolute Gasteiger partial charge is 0.161 e. The van der Waals surface area contributed by atoms with Crippen LogP contribution in [0.3, 0.4) is 0 Å². The Morgan fingerprint density at radius 2 is 2.11 bits per heavy atom. The summed E-state index contributed by atoms with van der Waals surface area (Å²) in [6, 6.07) is 5.99. The SMILES string of the molecule is C=CCOc1cc(CNCC(C)C)ccc1OC. The summed E-state index contributed by atoms with van der Waals surface area (Å²) in [5.41, 5.74) is 1.19. The molecule has 100 valence electrons. The van der Waals surface area contributed by atoms with Crippen LogP contribution >= 0.6 is 0 Å². The topological polar surface area (TPSA) is 30.5 Å². The van der Waals surface area contributed by atoms with E-state index in [2.05, 4.69) is 25.7 Å². The van der Waals surface area contributed by atoms with Gasteiger partial charge in [0.25, 0.3) is 0 Å². The first kappa shape index (κ1) is 14.6. The Balaban J connectivity index is 2.66. The molecule has 0 radical (unpaired) electrons. The summed E-state index contributed by atoms with van der Waals surface area (Å²) in [5.74, 6) is 2.17. The van der Waals surface area contributed by atoms with E-state index in [1.807, 2.05) is 18.2 Å². The van der Waals surface area contributed by atoms with E-state index in [9.17, 15) is 0 Å². The highest BCUT2D eigenvalue weighted by Gasteiger charge is 2.05. The van der Waals surface area contributed by atoms with Gasteiger partial charge in [-0.1, -0.05) is 32.6 Å². The largest absolute Gasteiger partial charge is 0.493 e. The van der Waals surface area contributed by atoms with Crippen LogP contribution in [0.4, 0.5) is 0 Å². The van der Waals surface area contributed by atoms with Gasteiger partial charge in [0, 0.05) is 6.54 Å². The molecule has 0 aliphatic heterocycles. The van der Waals surface area contributed by atoms with Crippen molar-refractivity contribution in [3.8, 4) is 11.5 Å². The van der Waals surface area contributed by atoms with E-state index in [4.69, 9.17) is 9.47 Å². The van der Waals surface area contributed by atoms with Gasteiger partial charge in [-0.2, -0.15) is 0 Å². The molecule has 0 heterocycles. The molecule has 0 spiro atoms. The number of benzene rings is 1. The lowest BCUT2D eigenvalue weighted by Gasteiger charge is -2.12. The van der Waals surface area contributed by atoms with Crippen molar-refractivity contribution >= 4 is 0 Å². The van der Waals surface area contributed by atoms with Gasteiger partial charge in [-0.25, -0.2) is 0 Å². The standard InChI is InChI=1S/C15H23NO2/c1-5-8-18-15-9-13(6-7-14(15)17-4)11-16-10-12(2)3/h5-7,9,12,16H,1,8,10-11H2,2-4H3. The number of hydrogen-bond acceptors (Lipinski definition) is 3. The highest BCUT2D eigenvalue weighted by Crippen LogP contribution is 2.28. The van der Waals surface area contributed by atoms with Crippen molar-refractivity contribution in [1.29, 1.82) is 0 Å². The molecule has 1 aromatic rings. The van der Waals surface area contributed by atoms with E-state index in [0.29, 0.717) is 12.5 Å². The molecule has 0 aliphatic rings. The van der Waals surface area contributed by atoms with Crippen molar-refractivity contribution in [2.75, 3.05) is 20.3 Å². The number of ether oxygens (including phenoxy) is 2. The first-order valence-corrected chi connectivity index (χ1v) is 6.28. The van der Waals surface area contributed by atoms with Crippen LogP contribution in [0.5, 0.6) is 11.5 Å². The van der Waals surface area contributed by atoms with Gasteiger partial charge in [-0.3, -0.25) is 0 Å². The maximum atomic E-state index is 5.57. The van der Waals surface area contributed by atoms with Crippen LogP contribution in [0.15, 0.2) is 30.9 Å². The van der Waals surface area contributed by atoms with Gasteiger partial charge in [0.2, 0.25) is 0 Å². The van der Waals surface area contributed by atoms with E-state index in [1.165, 1.54) is 5.56 Å². The second-order valence-corrected chi connectivity index (χ2v) is 4.61. The fourth-order valence-corrected chi connectivity index (χ4v) is 1.60. The van der Waals surface area contributed by atoms with Crippen LogP contribution in [-0.2, 0) is 6.54 Å². The van der Waals surface area contributed by atoms with Crippen molar-refractivity contribution in [1.82, 2.24) is 5.32 Å². The predicted molar refractivity (Wildman–Crippen MR) is 75.2 cm³/mol. The van der Waals surface area contributed by atoms with E-state index in [1.54, 1.807) is 13.2 Å². The molecule has 0 saturated carbocycles. The monoisotopic (exact) mass is 249 g/mol. The van der Waals surface area contributed by atoms with Crippen LogP contribution in [0.25, 0.3) is 0 Å². The third-order valence-corrected chi connectivity index (χ3v) is 2.47. The first-order chi connectivity index (χ1) is 8.67. The summed E-state index contributed by atoms with van der Waals surface area (Å²) in [4.78, 5) is 0. The lowest BCUT2D eigenvalue weighted by molar-refractivity contribution is 0.326. The number of hydrogen-bond donors (Lipinski definition) is 1. The number of nitrogens with one attached hydrogen (secondary N) is 1. The van der Waals surface area contributed by atoms with E-state index < -0.39 is 0 Å². The molecule has 1 aromatic carbocycles. The van der Waals surface area contributed by atoms with Gasteiger partial charge < -0.3 is 14.8 Å². The molecule has 3 nitrogen and oxygen atoms in total. The highest BCUT2D eigenvalue weighted by atomic mass is 16.5. The molecule has 0 aromatic heterocycles. The van der Waals surface area contributed by atoms with Gasteiger partial charge in [0.05, 0.1) is 7.11 Å². The molecule has 1 N–H and O–H groups in total. The van der Waals surface area contributed by atoms with Gasteiger partial charge in [-0.15, -0.1) is 0 Å². The third-order valence-electron chi connectivity index (χ3n) is 2.47. The second-order valence-electron chi connectivity index (χ2n) is 4.61. The van der Waals surface area contributed by atoms with Crippen molar-refractivity contribution in [2.24, 2.45) is 5.92 Å². The summed E-state index contributed by atoms with van der Waals surface area (Å²) in [6.45, 7) is 10.4. The number of rotatable bonds is 8. The average molecular weight is 249 g/mol. The van der Waals surface area contributed by atoms with Crippen molar-refractivity contribution in [2.45, 2.75) is 20.4 Å². The summed E-state index contributed by atoms with van der Waals surface area (Å²) < 4.78 is 10.8. The fraction of sp³-hybridized carbons (Fsp3) is 0.467. The zero-order chi connectivity index (χ0) is 13.4. The van der Waals surface area contributed by atoms with Crippen molar-refractivity contribution in [3.05, 3.63) is 36.4 Å². The Kier molecular flexibility index (Phi) is 6.29. The molecule has 3 heteroatoms. The summed E-state index contributed by atoms with van der Waals surface area (Å²) in [5, 5.41) is 3.41. The molecule has 1 rings (SSSR count). The van der Waals surface area contributed by atoms with Gasteiger partial charge >= 0.3 is 0 Å². The minimum absolute atomic E-state index is 0.485. The molecule has 0 aliphatic carbocycles. The lowest BCUT2D eigenvalue weighted by Crippen LogP contribution is -2.18. The van der Waals surface area contributed by atoms with Crippen LogP contribution in [0.2, 0.25) is 0 Å². The Morgan fingerprint density at radius 3 is 2.72 bits per heavy atom. The maximum Gasteiger partial charge on any atom is 0.161 e. The van der Waals surface area contributed by atoms with Crippen LogP contribution in [-0.4, -0.2) is 20.3 Å². The predicted octanol–water partition coefficient (Wildman–Crippen LogP) is 3.01. The van der Waals surface area contributed by atoms with Crippen LogP contribution < -0.4 is 14.8 Å². The fourth-order valence-electron chi connectivity index (χ4n) is 1.60. The lowest BCUT2D eigenvalue weighted by atomic mass is 10.2. The quantitative estimate of drug-likeness (QED) is 0.718. The molecule has 0 bridgehead atoms. The maximum absolute atomic E-state index is 5.57. The normalized spacial score (nSPS) is 10.4. The van der Waals surface area contributed by atoms with Gasteiger partial charge in [-0.05, 0) is 30.2 Å². The highest BCUT2D eigenvalue weighted by molar-refractivity contribution is 5.43. The zero-order valence-corrected chi connectivity index (χ0v) is 11.5. The zero-order valence-electron chi connectivity index (χ0n) is 11.5. The summed E-state index contributed by atoms with van der Waals surface area (Å²) in [6.07, 6.45) is 1.73. The van der Waals surface area contributed by atoms with E-state index >= 15 is 0 Å². The van der Waals surface area contributed by atoms with E-state index in [-0.39, 0.29) is 0 Å². The summed E-state index contributed by atoms with van der Waals surface area (Å²) >= 11 is 0. The van der Waals surface area contributed by atoms with Gasteiger partial charge in [0.15, 0.2) is 11.5 Å². The minimum atomic E-state index is 0.485. The molecule has 0 amide bonds. The molecule has 0 unspecified atom stereocenters. The van der Waals surface area contributed by atoms with Crippen LogP contribution in [0.1, 0.15) is 19.4 Å². The van der Waals surface area contributed by atoms with Crippen LogP contribution in [0, 0.1) is 5.92 Å². The number of methoxy groups -OCH3 is 1. The Labute approximate surface area is 110 Å². The molecule has 18 heavy (non-hydrogen) atoms. The average Bonchev–Trinajstić information content (AvgIpc) is 2.36. The van der Waals surface area contributed by atoms with Gasteiger partial charge in [0.1, 0.15) is 6.61 Å². The Bertz CT molecular complexity index is 375. The van der Waals surface area contributed by atoms with Crippen molar-refractivity contribution < 1.29 is 9.47 Å². The summed E-state index contributed by atoms with van der Waals surface area (Å²) in [7, 11) is 1.65. The Morgan fingerprint density at radius 1 is 1.33 bits per heavy atom. The first-order valence-electron chi connectivity index (χ1n) is 6.28. The third kappa shape index (κ3) is 4.80. The van der Waals surface area contributed by atoms with Crippen molar-refractivity contribution in [3.63, 3.8) is 0 Å². The Hall–Kier alpha value is -1.48. The van der Waals surface area contributed by atoms with E-state index in [0.717, 1.165) is 24.6 Å². The molecular formula is C15H23NO2. The molecule has 0 saturated heterocycles. The minimum Gasteiger partial charge on any atom is -0.493 e. The molecule has 0 fully saturated rings.